The molecule has 1 atom stereocenters. The first-order valence-electron chi connectivity index (χ1n) is 7.33. The maximum atomic E-state index is 12.4. The maximum absolute atomic E-state index is 12.4. The number of ketones is 1. The maximum Gasteiger partial charge on any atom is 0.166 e. The molecule has 0 spiro atoms. The minimum atomic E-state index is 0.241. The first kappa shape index (κ1) is 12.7. The van der Waals surface area contributed by atoms with Crippen LogP contribution in [0.5, 0.6) is 5.75 Å². The fraction of sp³-hybridized carbons (Fsp3) is 0.562. The van der Waals surface area contributed by atoms with Crippen LogP contribution >= 0.6 is 0 Å². The van der Waals surface area contributed by atoms with Crippen molar-refractivity contribution in [1.29, 1.82) is 0 Å². The van der Waals surface area contributed by atoms with Crippen LogP contribution in [0, 0.1) is 5.92 Å². The van der Waals surface area contributed by atoms with Crippen LogP contribution in [0.4, 0.5) is 0 Å². The average molecular weight is 259 g/mol. The molecule has 0 amide bonds. The lowest BCUT2D eigenvalue weighted by Gasteiger charge is -2.20. The number of nitrogens with one attached hydrogen (secondary N) is 1. The third kappa shape index (κ3) is 2.81. The lowest BCUT2D eigenvalue weighted by atomic mass is 9.95. The summed E-state index contributed by atoms with van der Waals surface area (Å²) in [5.41, 5.74) is 1.99. The summed E-state index contributed by atoms with van der Waals surface area (Å²) in [5, 5.41) is 3.35. The fourth-order valence-electron chi connectivity index (χ4n) is 3.04. The van der Waals surface area contributed by atoms with Gasteiger partial charge in [-0.2, -0.15) is 0 Å². The lowest BCUT2D eigenvalue weighted by molar-refractivity contribution is 0.0969. The topological polar surface area (TPSA) is 38.3 Å². The second-order valence-corrected chi connectivity index (χ2v) is 5.57. The molecule has 1 N–H and O–H groups in total. The fourth-order valence-corrected chi connectivity index (χ4v) is 3.04. The average Bonchev–Trinajstić information content (AvgIpc) is 2.97. The van der Waals surface area contributed by atoms with Gasteiger partial charge in [-0.05, 0) is 56.3 Å². The van der Waals surface area contributed by atoms with Crippen molar-refractivity contribution in [3.05, 3.63) is 29.3 Å². The van der Waals surface area contributed by atoms with Crippen molar-refractivity contribution in [1.82, 2.24) is 5.32 Å². The normalized spacial score (nSPS) is 21.8. The second-order valence-electron chi connectivity index (χ2n) is 5.57. The summed E-state index contributed by atoms with van der Waals surface area (Å²) >= 11 is 0. The van der Waals surface area contributed by atoms with Crippen molar-refractivity contribution in [2.24, 2.45) is 5.92 Å². The Morgan fingerprint density at radius 2 is 2.37 bits per heavy atom. The highest BCUT2D eigenvalue weighted by Crippen LogP contribution is 2.30. The minimum absolute atomic E-state index is 0.241. The van der Waals surface area contributed by atoms with Crippen LogP contribution in [-0.4, -0.2) is 25.5 Å². The number of carbonyl (C=O) groups is 1. The molecule has 2 heterocycles. The molecule has 1 unspecified atom stereocenters. The highest BCUT2D eigenvalue weighted by atomic mass is 16.5. The van der Waals surface area contributed by atoms with Gasteiger partial charge in [0, 0.05) is 6.42 Å². The largest absolute Gasteiger partial charge is 0.493 e. The van der Waals surface area contributed by atoms with Crippen LogP contribution in [0.2, 0.25) is 0 Å². The number of carbonyl (C=O) groups excluding carboxylic acids is 1. The van der Waals surface area contributed by atoms with Crippen molar-refractivity contribution >= 4 is 5.78 Å². The molecule has 0 aliphatic carbocycles. The summed E-state index contributed by atoms with van der Waals surface area (Å²) in [7, 11) is 0. The van der Waals surface area contributed by atoms with Crippen molar-refractivity contribution < 1.29 is 9.53 Å². The van der Waals surface area contributed by atoms with Gasteiger partial charge in [-0.15, -0.1) is 0 Å². The van der Waals surface area contributed by atoms with Crippen molar-refractivity contribution in [3.63, 3.8) is 0 Å². The van der Waals surface area contributed by atoms with Gasteiger partial charge in [0.05, 0.1) is 12.2 Å². The van der Waals surface area contributed by atoms with E-state index in [0.717, 1.165) is 50.3 Å². The van der Waals surface area contributed by atoms with E-state index in [1.807, 2.05) is 12.1 Å². The summed E-state index contributed by atoms with van der Waals surface area (Å²) in [6.45, 7) is 2.91. The molecule has 3 rings (SSSR count). The van der Waals surface area contributed by atoms with E-state index in [9.17, 15) is 4.79 Å². The Kier molecular flexibility index (Phi) is 3.83. The molecule has 0 aromatic heterocycles. The quantitative estimate of drug-likeness (QED) is 0.845. The molecule has 0 radical (unpaired) electrons. The summed E-state index contributed by atoms with van der Waals surface area (Å²) < 4.78 is 5.71. The molecule has 0 bridgehead atoms. The smallest absolute Gasteiger partial charge is 0.166 e. The van der Waals surface area contributed by atoms with Crippen LogP contribution in [-0.2, 0) is 6.42 Å². The number of hydrogen-bond donors (Lipinski definition) is 1. The molecule has 1 aromatic carbocycles. The predicted molar refractivity (Wildman–Crippen MR) is 74.8 cm³/mol. The predicted octanol–water partition coefficient (Wildman–Crippen LogP) is 2.58. The van der Waals surface area contributed by atoms with Crippen LogP contribution in [0.1, 0.15) is 41.6 Å². The van der Waals surface area contributed by atoms with Gasteiger partial charge in [-0.3, -0.25) is 4.79 Å². The van der Waals surface area contributed by atoms with Crippen LogP contribution in [0.3, 0.4) is 0 Å². The molecule has 2 aliphatic heterocycles. The van der Waals surface area contributed by atoms with E-state index in [1.54, 1.807) is 0 Å². The summed E-state index contributed by atoms with van der Waals surface area (Å²) in [4.78, 5) is 12.4. The number of benzene rings is 1. The van der Waals surface area contributed by atoms with Gasteiger partial charge >= 0.3 is 0 Å². The zero-order chi connectivity index (χ0) is 13.1. The van der Waals surface area contributed by atoms with Gasteiger partial charge in [0.25, 0.3) is 0 Å². The van der Waals surface area contributed by atoms with Gasteiger partial charge in [0.15, 0.2) is 5.78 Å². The van der Waals surface area contributed by atoms with Crippen LogP contribution in [0.15, 0.2) is 18.2 Å². The second kappa shape index (κ2) is 5.74. The number of ether oxygens (including phenoxy) is 1. The molecular weight excluding hydrogens is 238 g/mol. The van der Waals surface area contributed by atoms with Crippen LogP contribution < -0.4 is 10.1 Å². The lowest BCUT2D eigenvalue weighted by Crippen LogP contribution is -2.14. The third-order valence-corrected chi connectivity index (χ3v) is 4.18. The van der Waals surface area contributed by atoms with Crippen molar-refractivity contribution in [3.8, 4) is 5.75 Å². The summed E-state index contributed by atoms with van der Waals surface area (Å²) in [6.07, 6.45) is 4.93. The highest BCUT2D eigenvalue weighted by Gasteiger charge is 2.21. The van der Waals surface area contributed by atoms with E-state index in [4.69, 9.17) is 4.74 Å². The Bertz CT molecular complexity index is 464. The number of Topliss-reactive ketones (excluding diaryl/α,β-unsaturated/α-hetero) is 1. The van der Waals surface area contributed by atoms with Gasteiger partial charge in [0.1, 0.15) is 5.75 Å². The highest BCUT2D eigenvalue weighted by molar-refractivity contribution is 5.99. The molecule has 2 aliphatic rings. The molecular formula is C16H21NO2. The molecule has 3 nitrogen and oxygen atoms in total. The van der Waals surface area contributed by atoms with Gasteiger partial charge < -0.3 is 10.1 Å². The van der Waals surface area contributed by atoms with E-state index < -0.39 is 0 Å². The first-order chi connectivity index (χ1) is 9.34. The number of para-hydroxylation sites is 1. The molecule has 0 saturated carbocycles. The van der Waals surface area contributed by atoms with E-state index in [1.165, 1.54) is 12.0 Å². The van der Waals surface area contributed by atoms with E-state index in [0.29, 0.717) is 12.3 Å². The molecule has 1 saturated heterocycles. The van der Waals surface area contributed by atoms with Gasteiger partial charge in [-0.25, -0.2) is 0 Å². The number of rotatable bonds is 4. The Hall–Kier alpha value is -1.35. The zero-order valence-electron chi connectivity index (χ0n) is 11.3. The van der Waals surface area contributed by atoms with Crippen molar-refractivity contribution in [2.45, 2.75) is 32.1 Å². The summed E-state index contributed by atoms with van der Waals surface area (Å²) in [5.74, 6) is 1.76. The molecule has 102 valence electrons. The molecule has 3 heteroatoms. The molecule has 1 aromatic rings. The SMILES string of the molecule is O=C(CCC1CCNC1)c1cccc2c1OCCC2. The van der Waals surface area contributed by atoms with E-state index in [2.05, 4.69) is 11.4 Å². The number of fused-ring (bicyclic) bond motifs is 1. The van der Waals surface area contributed by atoms with E-state index >= 15 is 0 Å². The van der Waals surface area contributed by atoms with Gasteiger partial charge in [-0.1, -0.05) is 12.1 Å². The first-order valence-corrected chi connectivity index (χ1v) is 7.33. The van der Waals surface area contributed by atoms with Gasteiger partial charge in [0.2, 0.25) is 0 Å². The molecule has 1 fully saturated rings. The Morgan fingerprint density at radius 1 is 1.42 bits per heavy atom. The monoisotopic (exact) mass is 259 g/mol. The standard InChI is InChI=1S/C16H21NO2/c18-15(7-6-12-8-9-17-11-12)14-5-1-3-13-4-2-10-19-16(13)14/h1,3,5,12,17H,2,4,6-11H2. The van der Waals surface area contributed by atoms with E-state index in [-0.39, 0.29) is 5.78 Å². The van der Waals surface area contributed by atoms with Crippen molar-refractivity contribution in [2.75, 3.05) is 19.7 Å². The molecule has 19 heavy (non-hydrogen) atoms. The number of hydrogen-bond acceptors (Lipinski definition) is 3. The minimum Gasteiger partial charge on any atom is -0.493 e. The Balaban J connectivity index is 1.68. The third-order valence-electron chi connectivity index (χ3n) is 4.18. The Labute approximate surface area is 114 Å². The van der Waals surface area contributed by atoms with Crippen LogP contribution in [0.25, 0.3) is 0 Å². The number of aryl methyl sites for hydroxylation is 1. The Morgan fingerprint density at radius 3 is 3.21 bits per heavy atom. The summed E-state index contributed by atoms with van der Waals surface area (Å²) in [6, 6.07) is 5.98. The zero-order valence-corrected chi connectivity index (χ0v) is 11.3.